The minimum Gasteiger partial charge on any atom is -0.494 e. The molecule has 0 bridgehead atoms. The van der Waals surface area contributed by atoms with E-state index in [0.717, 1.165) is 12.2 Å². The van der Waals surface area contributed by atoms with Gasteiger partial charge >= 0.3 is 24.3 Å². The van der Waals surface area contributed by atoms with Crippen molar-refractivity contribution in [2.24, 2.45) is 0 Å². The SMILES string of the molecule is CCC(O)O.Nc1cc(N)cc(C(CC(=O)/C=C/c2ccc(C(=O)Oc3ccc(OCCCCC(F)(F)F)cc3)cc2)C(O)(O)C(=O)/C=C/c2ccc(C(=O)Oc3ccc(OCCCCC(F)(F)F)cc3)cc2)c1. The lowest BCUT2D eigenvalue weighted by Crippen LogP contribution is -2.44. The van der Waals surface area contributed by atoms with E-state index in [1.54, 1.807) is 6.92 Å². The van der Waals surface area contributed by atoms with E-state index in [4.69, 9.17) is 40.6 Å². The van der Waals surface area contributed by atoms with Crippen molar-refractivity contribution in [1.82, 2.24) is 0 Å². The number of carbonyl (C=O) groups is 4. The van der Waals surface area contributed by atoms with Gasteiger partial charge in [-0.05, 0) is 152 Å². The summed E-state index contributed by atoms with van der Waals surface area (Å²) < 4.78 is 95.5. The van der Waals surface area contributed by atoms with E-state index in [2.05, 4.69) is 0 Å². The fourth-order valence-corrected chi connectivity index (χ4v) is 6.56. The number of hydrogen-bond acceptors (Lipinski definition) is 14. The Morgan fingerprint density at radius 3 is 1.32 bits per heavy atom. The van der Waals surface area contributed by atoms with Crippen LogP contribution in [0.25, 0.3) is 12.2 Å². The van der Waals surface area contributed by atoms with Gasteiger partial charge in [0.05, 0.1) is 30.3 Å². The number of aliphatic hydroxyl groups is 4. The minimum absolute atomic E-state index is 0.0577. The number of alkyl halides is 6. The third kappa shape index (κ3) is 21.3. The Kier molecular flexibility index (Phi) is 22.4. The van der Waals surface area contributed by atoms with Gasteiger partial charge in [-0.25, -0.2) is 9.59 Å². The van der Waals surface area contributed by atoms with Crippen LogP contribution in [0.5, 0.6) is 23.0 Å². The number of aliphatic hydroxyl groups excluding tert-OH is 1. The second kappa shape index (κ2) is 28.1. The van der Waals surface area contributed by atoms with Gasteiger partial charge in [0.1, 0.15) is 23.0 Å². The van der Waals surface area contributed by atoms with Crippen molar-refractivity contribution in [2.45, 2.75) is 88.6 Å². The molecule has 0 heterocycles. The number of anilines is 2. The predicted molar refractivity (Wildman–Crippen MR) is 263 cm³/mol. The maximum Gasteiger partial charge on any atom is 0.389 e. The van der Waals surface area contributed by atoms with E-state index in [9.17, 15) is 55.7 Å². The third-order valence-corrected chi connectivity index (χ3v) is 10.5. The summed E-state index contributed by atoms with van der Waals surface area (Å²) in [5, 5.41) is 38.5. The summed E-state index contributed by atoms with van der Waals surface area (Å²) in [5.74, 6) is -6.77. The monoisotopic (exact) mass is 1040 g/mol. The normalized spacial score (nSPS) is 12.3. The summed E-state index contributed by atoms with van der Waals surface area (Å²) in [4.78, 5) is 52.3. The van der Waals surface area contributed by atoms with Crippen LogP contribution < -0.4 is 30.4 Å². The molecule has 0 saturated heterocycles. The largest absolute Gasteiger partial charge is 0.494 e. The zero-order valence-corrected chi connectivity index (χ0v) is 40.0. The van der Waals surface area contributed by atoms with Crippen molar-refractivity contribution >= 4 is 47.0 Å². The quantitative estimate of drug-likeness (QED) is 0.00642. The predicted octanol–water partition coefficient (Wildman–Crippen LogP) is 9.94. The molecule has 0 aliphatic rings. The van der Waals surface area contributed by atoms with Crippen LogP contribution in [-0.2, 0) is 9.59 Å². The summed E-state index contributed by atoms with van der Waals surface area (Å²) in [6, 6.07) is 27.8. The van der Waals surface area contributed by atoms with Gasteiger partial charge in [-0.1, -0.05) is 43.3 Å². The zero-order chi connectivity index (χ0) is 54.5. The summed E-state index contributed by atoms with van der Waals surface area (Å²) in [6.07, 6.45) is -6.43. The lowest BCUT2D eigenvalue weighted by Gasteiger charge is -2.29. The van der Waals surface area contributed by atoms with Crippen molar-refractivity contribution in [3.8, 4) is 23.0 Å². The van der Waals surface area contributed by atoms with Crippen molar-refractivity contribution in [2.75, 3.05) is 24.7 Å². The molecule has 1 atom stereocenters. The molecule has 0 aliphatic heterocycles. The number of carbonyl (C=O) groups excluding carboxylic acids is 4. The molecule has 74 heavy (non-hydrogen) atoms. The van der Waals surface area contributed by atoms with Gasteiger partial charge in [0, 0.05) is 30.6 Å². The highest BCUT2D eigenvalue weighted by Crippen LogP contribution is 2.35. The van der Waals surface area contributed by atoms with Gasteiger partial charge in [0.15, 0.2) is 12.1 Å². The van der Waals surface area contributed by atoms with Crippen molar-refractivity contribution in [3.63, 3.8) is 0 Å². The minimum atomic E-state index is -4.22. The topological polar surface area (TPSA) is 238 Å². The summed E-state index contributed by atoms with van der Waals surface area (Å²) in [6.45, 7) is 1.88. The highest BCUT2D eigenvalue weighted by atomic mass is 19.4. The molecule has 0 aliphatic carbocycles. The second-order valence-corrected chi connectivity index (χ2v) is 16.6. The number of nitrogens with two attached hydrogens (primary N) is 2. The molecule has 0 fully saturated rings. The van der Waals surface area contributed by atoms with Gasteiger partial charge < -0.3 is 50.8 Å². The van der Waals surface area contributed by atoms with Crippen LogP contribution in [0, 0.1) is 0 Å². The van der Waals surface area contributed by atoms with E-state index < -0.39 is 73.1 Å². The standard InChI is InChI=1S/C51H48F6N2O10.C3H8O2/c52-49(53,54)25-1-3-27-66-41-16-20-43(21-17-41)68-47(62)35-11-5-33(6-12-35)9-15-40(60)32-45(37-29-38(58)31-39(59)30-37)51(64,65)46(61)24-10-34-7-13-36(14-8-34)48(63)69-44-22-18-42(19-23-44)67-28-4-2-26-50(55,56)57;1-2-3(4)5/h5-24,29-31,45,64-65H,1-4,25-28,32,58-59H2;3-5H,2H2,1H3/b15-9+,24-10+;. The summed E-state index contributed by atoms with van der Waals surface area (Å²) in [7, 11) is 0. The maximum absolute atomic E-state index is 13.4. The first-order valence-electron chi connectivity index (χ1n) is 23.0. The summed E-state index contributed by atoms with van der Waals surface area (Å²) in [5.41, 5.74) is 13.5. The van der Waals surface area contributed by atoms with E-state index >= 15 is 0 Å². The molecular weight excluding hydrogens is 983 g/mol. The Bertz CT molecular complexity index is 2630. The van der Waals surface area contributed by atoms with Gasteiger partial charge in [0.25, 0.3) is 0 Å². The number of benzene rings is 5. The van der Waals surface area contributed by atoms with Crippen molar-refractivity contribution in [1.29, 1.82) is 0 Å². The molecule has 14 nitrogen and oxygen atoms in total. The molecule has 5 rings (SSSR count). The van der Waals surface area contributed by atoms with E-state index in [1.807, 2.05) is 0 Å². The van der Waals surface area contributed by atoms with Crippen LogP contribution in [0.4, 0.5) is 37.7 Å². The Hall–Kier alpha value is -7.52. The van der Waals surface area contributed by atoms with Crippen molar-refractivity contribution in [3.05, 3.63) is 155 Å². The average Bonchev–Trinajstić information content (AvgIpc) is 3.34. The van der Waals surface area contributed by atoms with Crippen LogP contribution in [0.3, 0.4) is 0 Å². The fraction of sp³-hybridized carbons (Fsp3) is 0.296. The Balaban J connectivity index is 0.00000226. The fourth-order valence-electron chi connectivity index (χ4n) is 6.56. The molecule has 0 saturated carbocycles. The maximum atomic E-state index is 13.4. The molecule has 396 valence electrons. The smallest absolute Gasteiger partial charge is 0.389 e. The molecule has 0 radical (unpaired) electrons. The molecule has 1 unspecified atom stereocenters. The number of esters is 2. The summed E-state index contributed by atoms with van der Waals surface area (Å²) >= 11 is 0. The number of nitrogen functional groups attached to an aromatic ring is 2. The molecule has 5 aromatic rings. The van der Waals surface area contributed by atoms with Gasteiger partial charge in [0.2, 0.25) is 11.6 Å². The van der Waals surface area contributed by atoms with Crippen molar-refractivity contribution < 1.29 is 84.9 Å². The molecule has 8 N–H and O–H groups in total. The first-order chi connectivity index (χ1) is 34.9. The number of ketones is 2. The van der Waals surface area contributed by atoms with Crippen LogP contribution in [0.15, 0.2) is 127 Å². The first kappa shape index (κ1) is 59.0. The number of rotatable bonds is 24. The number of allylic oxidation sites excluding steroid dienone is 1. The van der Waals surface area contributed by atoms with Gasteiger partial charge in [-0.3, -0.25) is 9.59 Å². The Morgan fingerprint density at radius 1 is 0.568 bits per heavy atom. The van der Waals surface area contributed by atoms with Gasteiger partial charge in [-0.2, -0.15) is 26.3 Å². The average molecular weight is 1040 g/mol. The molecule has 0 amide bonds. The second-order valence-electron chi connectivity index (χ2n) is 16.6. The van der Waals surface area contributed by atoms with Gasteiger partial charge in [-0.15, -0.1) is 0 Å². The Labute approximate surface area is 422 Å². The van der Waals surface area contributed by atoms with E-state index in [1.165, 1.54) is 127 Å². The van der Waals surface area contributed by atoms with E-state index in [0.29, 0.717) is 29.0 Å². The van der Waals surface area contributed by atoms with Crippen LogP contribution in [0.2, 0.25) is 0 Å². The molecule has 0 aromatic heterocycles. The number of ether oxygens (including phenoxy) is 4. The highest BCUT2D eigenvalue weighted by Gasteiger charge is 2.42. The van der Waals surface area contributed by atoms with Crippen LogP contribution in [-0.4, -0.2) is 81.6 Å². The zero-order valence-electron chi connectivity index (χ0n) is 40.0. The number of hydrogen-bond donors (Lipinski definition) is 6. The third-order valence-electron chi connectivity index (χ3n) is 10.5. The number of unbranched alkanes of at least 4 members (excludes halogenated alkanes) is 2. The lowest BCUT2D eigenvalue weighted by molar-refractivity contribution is -0.187. The van der Waals surface area contributed by atoms with E-state index in [-0.39, 0.29) is 78.5 Å². The lowest BCUT2D eigenvalue weighted by atomic mass is 9.83. The molecule has 5 aromatic carbocycles. The molecular formula is C54H56F6N2O12. The molecule has 20 heteroatoms. The van der Waals surface area contributed by atoms with Crippen LogP contribution >= 0.6 is 0 Å². The van der Waals surface area contributed by atoms with Crippen LogP contribution in [0.1, 0.15) is 102 Å². The first-order valence-corrected chi connectivity index (χ1v) is 23.0. The molecule has 0 spiro atoms. The Morgan fingerprint density at radius 2 is 0.946 bits per heavy atom. The number of halogens is 6. The highest BCUT2D eigenvalue weighted by molar-refractivity contribution is 6.01.